The van der Waals surface area contributed by atoms with Crippen molar-refractivity contribution in [3.05, 3.63) is 29.6 Å². The first-order valence-corrected chi connectivity index (χ1v) is 3.17. The molecule has 0 unspecified atom stereocenters. The summed E-state index contributed by atoms with van der Waals surface area (Å²) in [6.45, 7) is 2.04. The molecule has 0 spiro atoms. The average Bonchev–Trinajstić information content (AvgIpc) is 1.94. The predicted molar refractivity (Wildman–Crippen MR) is 42.5 cm³/mol. The highest BCUT2D eigenvalue weighted by Gasteiger charge is 1.90. The van der Waals surface area contributed by atoms with Crippen LogP contribution in [0.4, 0.5) is 0 Å². The summed E-state index contributed by atoms with van der Waals surface area (Å²) in [5, 5.41) is 0. The minimum atomic E-state index is 1.09. The van der Waals surface area contributed by atoms with Gasteiger partial charge in [0.05, 0.1) is 0 Å². The third-order valence-electron chi connectivity index (χ3n) is 1.35. The molecule has 2 nitrogen and oxygen atoms in total. The van der Waals surface area contributed by atoms with Crippen molar-refractivity contribution in [1.82, 2.24) is 4.98 Å². The van der Waals surface area contributed by atoms with E-state index in [1.807, 2.05) is 25.4 Å². The molecule has 0 amide bonds. The minimum Gasteiger partial charge on any atom is -0.296 e. The Morgan fingerprint density at radius 2 is 2.40 bits per heavy atom. The fraction of sp³-hybridized carbons (Fsp3) is 0.250. The maximum atomic E-state index is 3.97. The van der Waals surface area contributed by atoms with Crippen LogP contribution in [-0.2, 0) is 0 Å². The Bertz CT molecular complexity index is 241. The number of rotatable bonds is 1. The van der Waals surface area contributed by atoms with Crippen molar-refractivity contribution in [2.24, 2.45) is 4.99 Å². The number of hydrogen-bond acceptors (Lipinski definition) is 2. The molecule has 0 aromatic carbocycles. The van der Waals surface area contributed by atoms with E-state index in [0.717, 1.165) is 5.56 Å². The lowest BCUT2D eigenvalue weighted by Gasteiger charge is -1.94. The van der Waals surface area contributed by atoms with Crippen LogP contribution in [0.1, 0.15) is 11.1 Å². The van der Waals surface area contributed by atoms with Gasteiger partial charge >= 0.3 is 0 Å². The van der Waals surface area contributed by atoms with Crippen LogP contribution in [0.2, 0.25) is 0 Å². The van der Waals surface area contributed by atoms with Crippen molar-refractivity contribution in [2.75, 3.05) is 7.05 Å². The first kappa shape index (κ1) is 6.93. The smallest absolute Gasteiger partial charge is 0.0358 e. The monoisotopic (exact) mass is 134 g/mol. The molecule has 1 heterocycles. The van der Waals surface area contributed by atoms with Crippen LogP contribution in [0.25, 0.3) is 0 Å². The Balaban J connectivity index is 3.03. The van der Waals surface area contributed by atoms with E-state index < -0.39 is 0 Å². The Hall–Kier alpha value is -1.18. The molecule has 10 heavy (non-hydrogen) atoms. The molecule has 1 aromatic heterocycles. The Morgan fingerprint density at radius 1 is 1.60 bits per heavy atom. The van der Waals surface area contributed by atoms with Gasteiger partial charge in [-0.2, -0.15) is 0 Å². The lowest BCUT2D eigenvalue weighted by atomic mass is 10.2. The summed E-state index contributed by atoms with van der Waals surface area (Å²) < 4.78 is 0. The van der Waals surface area contributed by atoms with E-state index in [-0.39, 0.29) is 0 Å². The molecule has 2 heteroatoms. The maximum Gasteiger partial charge on any atom is 0.0358 e. The van der Waals surface area contributed by atoms with Crippen molar-refractivity contribution in [3.63, 3.8) is 0 Å². The van der Waals surface area contributed by atoms with Crippen LogP contribution < -0.4 is 0 Å². The Morgan fingerprint density at radius 3 is 3.00 bits per heavy atom. The highest BCUT2D eigenvalue weighted by molar-refractivity contribution is 5.80. The highest BCUT2D eigenvalue weighted by Crippen LogP contribution is 2.00. The second-order valence-electron chi connectivity index (χ2n) is 2.12. The third kappa shape index (κ3) is 1.41. The SMILES string of the molecule is C/N=C\c1cnccc1C. The zero-order chi connectivity index (χ0) is 7.40. The quantitative estimate of drug-likeness (QED) is 0.533. The van der Waals surface area contributed by atoms with Crippen LogP contribution >= 0.6 is 0 Å². The van der Waals surface area contributed by atoms with Crippen LogP contribution in [-0.4, -0.2) is 18.2 Å². The second kappa shape index (κ2) is 3.11. The summed E-state index contributed by atoms with van der Waals surface area (Å²) in [7, 11) is 1.76. The molecule has 0 radical (unpaired) electrons. The van der Waals surface area contributed by atoms with Gasteiger partial charge in [-0.1, -0.05) is 0 Å². The number of aromatic nitrogens is 1. The van der Waals surface area contributed by atoms with Crippen LogP contribution in [0, 0.1) is 6.92 Å². The molecule has 52 valence electrons. The first-order valence-electron chi connectivity index (χ1n) is 3.17. The molecule has 0 aliphatic carbocycles. The van der Waals surface area contributed by atoms with E-state index in [4.69, 9.17) is 0 Å². The minimum absolute atomic E-state index is 1.09. The molecule has 0 bridgehead atoms. The predicted octanol–water partition coefficient (Wildman–Crippen LogP) is 1.44. The van der Waals surface area contributed by atoms with Crippen molar-refractivity contribution in [3.8, 4) is 0 Å². The standard InChI is InChI=1S/C8H10N2/c1-7-3-4-10-6-8(7)5-9-2/h3-6H,1-2H3/b9-5-. The lowest BCUT2D eigenvalue weighted by Crippen LogP contribution is -1.86. The molecule has 1 aromatic rings. The lowest BCUT2D eigenvalue weighted by molar-refractivity contribution is 1.27. The van der Waals surface area contributed by atoms with Gasteiger partial charge in [-0.15, -0.1) is 0 Å². The number of aryl methyl sites for hydroxylation is 1. The van der Waals surface area contributed by atoms with E-state index in [9.17, 15) is 0 Å². The molecule has 0 saturated heterocycles. The van der Waals surface area contributed by atoms with Crippen LogP contribution in [0.3, 0.4) is 0 Å². The van der Waals surface area contributed by atoms with Gasteiger partial charge in [0.1, 0.15) is 0 Å². The highest BCUT2D eigenvalue weighted by atomic mass is 14.7. The number of pyridine rings is 1. The van der Waals surface area contributed by atoms with Gasteiger partial charge in [0, 0.05) is 31.2 Å². The van der Waals surface area contributed by atoms with Crippen LogP contribution in [0.15, 0.2) is 23.5 Å². The van der Waals surface area contributed by atoms with Crippen molar-refractivity contribution >= 4 is 6.21 Å². The van der Waals surface area contributed by atoms with Gasteiger partial charge in [0.25, 0.3) is 0 Å². The van der Waals surface area contributed by atoms with Crippen LogP contribution in [0.5, 0.6) is 0 Å². The van der Waals surface area contributed by atoms with Crippen molar-refractivity contribution in [2.45, 2.75) is 6.92 Å². The zero-order valence-corrected chi connectivity index (χ0v) is 6.20. The molecular formula is C8H10N2. The van der Waals surface area contributed by atoms with Gasteiger partial charge in [-0.25, -0.2) is 0 Å². The normalized spacial score (nSPS) is 10.6. The molecule has 0 fully saturated rings. The van der Waals surface area contributed by atoms with Gasteiger partial charge in [-0.05, 0) is 18.6 Å². The van der Waals surface area contributed by atoms with E-state index >= 15 is 0 Å². The first-order chi connectivity index (χ1) is 4.84. The summed E-state index contributed by atoms with van der Waals surface area (Å²) in [5.41, 5.74) is 2.30. The largest absolute Gasteiger partial charge is 0.296 e. The van der Waals surface area contributed by atoms with Crippen molar-refractivity contribution in [1.29, 1.82) is 0 Å². The zero-order valence-electron chi connectivity index (χ0n) is 6.20. The average molecular weight is 134 g/mol. The second-order valence-corrected chi connectivity index (χ2v) is 2.12. The molecule has 0 saturated carbocycles. The molecule has 0 aliphatic heterocycles. The van der Waals surface area contributed by atoms with E-state index in [0.29, 0.717) is 0 Å². The van der Waals surface area contributed by atoms with E-state index in [1.54, 1.807) is 13.2 Å². The molecule has 0 aliphatic rings. The molecule has 0 N–H and O–H groups in total. The molecule has 1 rings (SSSR count). The third-order valence-corrected chi connectivity index (χ3v) is 1.35. The Labute approximate surface area is 60.6 Å². The van der Waals surface area contributed by atoms with Gasteiger partial charge in [-0.3, -0.25) is 9.98 Å². The fourth-order valence-electron chi connectivity index (χ4n) is 0.750. The maximum absolute atomic E-state index is 3.97. The summed E-state index contributed by atoms with van der Waals surface area (Å²) in [5.74, 6) is 0. The number of hydrogen-bond donors (Lipinski definition) is 0. The molecule has 0 atom stereocenters. The van der Waals surface area contributed by atoms with E-state index in [2.05, 4.69) is 9.98 Å². The number of nitrogens with zero attached hydrogens (tertiary/aromatic N) is 2. The summed E-state index contributed by atoms with van der Waals surface area (Å²) >= 11 is 0. The van der Waals surface area contributed by atoms with Gasteiger partial charge < -0.3 is 0 Å². The summed E-state index contributed by atoms with van der Waals surface area (Å²) in [6, 6.07) is 1.97. The topological polar surface area (TPSA) is 25.2 Å². The van der Waals surface area contributed by atoms with E-state index in [1.165, 1.54) is 5.56 Å². The van der Waals surface area contributed by atoms with Gasteiger partial charge in [0.2, 0.25) is 0 Å². The summed E-state index contributed by atoms with van der Waals surface area (Å²) in [4.78, 5) is 7.87. The van der Waals surface area contributed by atoms with Gasteiger partial charge in [0.15, 0.2) is 0 Å². The summed E-state index contributed by atoms with van der Waals surface area (Å²) in [6.07, 6.45) is 5.40. The fourth-order valence-corrected chi connectivity index (χ4v) is 0.750. The van der Waals surface area contributed by atoms with Crippen molar-refractivity contribution < 1.29 is 0 Å². The molecular weight excluding hydrogens is 124 g/mol. The Kier molecular flexibility index (Phi) is 2.15. The number of aliphatic imine (C=N–C) groups is 1.